The molecule has 4 heteroatoms. The Bertz CT molecular complexity index is 247. The summed E-state index contributed by atoms with van der Waals surface area (Å²) >= 11 is 0. The predicted octanol–water partition coefficient (Wildman–Crippen LogP) is 2.86. The van der Waals surface area contributed by atoms with Crippen molar-refractivity contribution in [1.82, 2.24) is 5.32 Å². The molecule has 16 heavy (non-hydrogen) atoms. The van der Waals surface area contributed by atoms with E-state index in [0.717, 1.165) is 19.3 Å². The molecule has 0 aliphatic carbocycles. The third-order valence-corrected chi connectivity index (χ3v) is 3.07. The maximum absolute atomic E-state index is 11.2. The van der Waals surface area contributed by atoms with E-state index < -0.39 is 0 Å². The highest BCUT2D eigenvalue weighted by atomic mass is 16.3. The SMILES string of the molecule is CCC(C)(C)CCC(C)(C)NC(=O)CN=O. The zero-order valence-corrected chi connectivity index (χ0v) is 11.1. The van der Waals surface area contributed by atoms with Crippen molar-refractivity contribution in [3.63, 3.8) is 0 Å². The van der Waals surface area contributed by atoms with Gasteiger partial charge in [-0.3, -0.25) is 4.79 Å². The van der Waals surface area contributed by atoms with Crippen LogP contribution in [0.2, 0.25) is 0 Å². The van der Waals surface area contributed by atoms with E-state index in [9.17, 15) is 9.70 Å². The van der Waals surface area contributed by atoms with Crippen molar-refractivity contribution in [3.8, 4) is 0 Å². The molecule has 0 atom stereocenters. The van der Waals surface area contributed by atoms with Gasteiger partial charge in [-0.2, -0.15) is 4.91 Å². The fraction of sp³-hybridized carbons (Fsp3) is 0.917. The highest BCUT2D eigenvalue weighted by molar-refractivity contribution is 5.78. The molecule has 0 saturated carbocycles. The van der Waals surface area contributed by atoms with E-state index >= 15 is 0 Å². The third kappa shape index (κ3) is 6.53. The second-order valence-electron chi connectivity index (χ2n) is 5.74. The van der Waals surface area contributed by atoms with Crippen molar-refractivity contribution in [1.29, 1.82) is 0 Å². The highest BCUT2D eigenvalue weighted by Crippen LogP contribution is 2.29. The number of rotatable bonds is 7. The molecule has 0 unspecified atom stereocenters. The van der Waals surface area contributed by atoms with E-state index in [0.29, 0.717) is 5.41 Å². The van der Waals surface area contributed by atoms with Gasteiger partial charge in [0, 0.05) is 5.54 Å². The Balaban J connectivity index is 4.14. The largest absolute Gasteiger partial charge is 0.350 e. The molecular formula is C12H24N2O2. The van der Waals surface area contributed by atoms with Crippen LogP contribution in [0.15, 0.2) is 5.18 Å². The predicted molar refractivity (Wildman–Crippen MR) is 66.2 cm³/mol. The first-order valence-corrected chi connectivity index (χ1v) is 5.82. The number of nitrogens with one attached hydrogen (secondary N) is 1. The van der Waals surface area contributed by atoms with E-state index in [4.69, 9.17) is 0 Å². The van der Waals surface area contributed by atoms with E-state index in [-0.39, 0.29) is 18.0 Å². The number of amides is 1. The smallest absolute Gasteiger partial charge is 0.245 e. The van der Waals surface area contributed by atoms with Gasteiger partial charge in [0.1, 0.15) is 0 Å². The maximum atomic E-state index is 11.2. The standard InChI is InChI=1S/C12H24N2O2/c1-6-11(2,3)7-8-12(4,5)14-10(15)9-13-16/h6-9H2,1-5H3,(H,14,15). The van der Waals surface area contributed by atoms with Crippen LogP contribution in [0.1, 0.15) is 53.9 Å². The van der Waals surface area contributed by atoms with Crippen LogP contribution in [0.4, 0.5) is 0 Å². The number of nitrogens with zero attached hydrogens (tertiary/aromatic N) is 1. The second kappa shape index (κ2) is 5.97. The van der Waals surface area contributed by atoms with Gasteiger partial charge in [-0.25, -0.2) is 0 Å². The number of carbonyl (C=O) groups is 1. The number of carbonyl (C=O) groups excluding carboxylic acids is 1. The zero-order chi connectivity index (χ0) is 12.8. The van der Waals surface area contributed by atoms with Gasteiger partial charge in [0.25, 0.3) is 0 Å². The highest BCUT2D eigenvalue weighted by Gasteiger charge is 2.24. The molecule has 0 aliphatic rings. The van der Waals surface area contributed by atoms with Gasteiger partial charge in [0.05, 0.1) is 0 Å². The lowest BCUT2D eigenvalue weighted by atomic mass is 9.81. The molecule has 0 spiro atoms. The Labute approximate surface area is 98.2 Å². The van der Waals surface area contributed by atoms with Crippen LogP contribution in [0.3, 0.4) is 0 Å². The second-order valence-corrected chi connectivity index (χ2v) is 5.74. The fourth-order valence-corrected chi connectivity index (χ4v) is 1.37. The molecule has 0 heterocycles. The van der Waals surface area contributed by atoms with Gasteiger partial charge < -0.3 is 5.32 Å². The van der Waals surface area contributed by atoms with Crippen LogP contribution in [0.25, 0.3) is 0 Å². The minimum atomic E-state index is -0.297. The van der Waals surface area contributed by atoms with E-state index in [1.165, 1.54) is 0 Å². The van der Waals surface area contributed by atoms with Gasteiger partial charge >= 0.3 is 0 Å². The summed E-state index contributed by atoms with van der Waals surface area (Å²) < 4.78 is 0. The lowest BCUT2D eigenvalue weighted by Crippen LogP contribution is -2.45. The minimum Gasteiger partial charge on any atom is -0.350 e. The Morgan fingerprint density at radius 1 is 1.19 bits per heavy atom. The van der Waals surface area contributed by atoms with Crippen molar-refractivity contribution in [2.24, 2.45) is 10.6 Å². The first-order chi connectivity index (χ1) is 7.22. The topological polar surface area (TPSA) is 58.5 Å². The van der Waals surface area contributed by atoms with Crippen LogP contribution in [-0.4, -0.2) is 18.0 Å². The summed E-state index contributed by atoms with van der Waals surface area (Å²) in [4.78, 5) is 21.2. The summed E-state index contributed by atoms with van der Waals surface area (Å²) in [5.74, 6) is -0.297. The van der Waals surface area contributed by atoms with Crippen LogP contribution in [-0.2, 0) is 4.79 Å². The molecular weight excluding hydrogens is 204 g/mol. The van der Waals surface area contributed by atoms with Crippen LogP contribution < -0.4 is 5.32 Å². The average Bonchev–Trinajstić information content (AvgIpc) is 2.15. The molecule has 0 saturated heterocycles. The molecule has 0 rings (SSSR count). The van der Waals surface area contributed by atoms with Crippen molar-refractivity contribution < 1.29 is 4.79 Å². The Hall–Kier alpha value is -0.930. The lowest BCUT2D eigenvalue weighted by Gasteiger charge is -2.31. The molecule has 0 bridgehead atoms. The summed E-state index contributed by atoms with van der Waals surface area (Å²) in [5, 5.41) is 5.40. The molecule has 0 radical (unpaired) electrons. The lowest BCUT2D eigenvalue weighted by molar-refractivity contribution is -0.121. The van der Waals surface area contributed by atoms with Crippen LogP contribution >= 0.6 is 0 Å². The average molecular weight is 228 g/mol. The number of hydrogen-bond donors (Lipinski definition) is 1. The molecule has 0 aromatic rings. The summed E-state index contributed by atoms with van der Waals surface area (Å²) in [6.07, 6.45) is 3.07. The van der Waals surface area contributed by atoms with Crippen LogP contribution in [0, 0.1) is 10.3 Å². The normalized spacial score (nSPS) is 12.3. The zero-order valence-electron chi connectivity index (χ0n) is 11.1. The van der Waals surface area contributed by atoms with Crippen LogP contribution in [0.5, 0.6) is 0 Å². The van der Waals surface area contributed by atoms with E-state index in [1.807, 2.05) is 13.8 Å². The van der Waals surface area contributed by atoms with Gasteiger partial charge in [-0.05, 0) is 32.1 Å². The number of nitroso groups, excluding NO2 is 1. The van der Waals surface area contributed by atoms with Gasteiger partial charge in [-0.1, -0.05) is 32.4 Å². The van der Waals surface area contributed by atoms with E-state index in [2.05, 4.69) is 31.3 Å². The van der Waals surface area contributed by atoms with Crippen molar-refractivity contribution in [2.45, 2.75) is 59.4 Å². The van der Waals surface area contributed by atoms with Gasteiger partial charge in [0.2, 0.25) is 5.91 Å². The molecule has 94 valence electrons. The van der Waals surface area contributed by atoms with Gasteiger partial charge in [-0.15, -0.1) is 0 Å². The monoisotopic (exact) mass is 228 g/mol. The molecule has 1 N–H and O–H groups in total. The maximum Gasteiger partial charge on any atom is 0.245 e. The number of hydrogen-bond acceptors (Lipinski definition) is 3. The Kier molecular flexibility index (Phi) is 5.62. The molecule has 4 nitrogen and oxygen atoms in total. The Morgan fingerprint density at radius 2 is 1.75 bits per heavy atom. The summed E-state index contributed by atoms with van der Waals surface area (Å²) in [7, 11) is 0. The summed E-state index contributed by atoms with van der Waals surface area (Å²) in [6.45, 7) is 10.3. The van der Waals surface area contributed by atoms with Crippen molar-refractivity contribution in [2.75, 3.05) is 6.54 Å². The van der Waals surface area contributed by atoms with Gasteiger partial charge in [0.15, 0.2) is 6.54 Å². The molecule has 0 fully saturated rings. The fourth-order valence-electron chi connectivity index (χ4n) is 1.37. The minimum absolute atomic E-state index is 0.270. The van der Waals surface area contributed by atoms with E-state index in [1.54, 1.807) is 0 Å². The summed E-state index contributed by atoms with van der Waals surface area (Å²) in [6, 6.07) is 0. The summed E-state index contributed by atoms with van der Waals surface area (Å²) in [5.41, 5.74) is 0.0269. The van der Waals surface area contributed by atoms with Crippen molar-refractivity contribution >= 4 is 5.91 Å². The third-order valence-electron chi connectivity index (χ3n) is 3.07. The molecule has 0 aromatic carbocycles. The van der Waals surface area contributed by atoms with Crippen molar-refractivity contribution in [3.05, 3.63) is 4.91 Å². The quantitative estimate of drug-likeness (QED) is 0.681. The first kappa shape index (κ1) is 15.1. The first-order valence-electron chi connectivity index (χ1n) is 5.82. The molecule has 0 aromatic heterocycles. The molecule has 0 aliphatic heterocycles. The Morgan fingerprint density at radius 3 is 2.19 bits per heavy atom. The molecule has 1 amide bonds.